The van der Waals surface area contributed by atoms with Crippen LogP contribution in [0.5, 0.6) is 11.5 Å². The molecule has 3 nitrogen and oxygen atoms in total. The second-order valence-electron chi connectivity index (χ2n) is 4.46. The number of aryl methyl sites for hydroxylation is 1. The van der Waals surface area contributed by atoms with Gasteiger partial charge < -0.3 is 14.8 Å². The highest BCUT2D eigenvalue weighted by Gasteiger charge is 2.08. The summed E-state index contributed by atoms with van der Waals surface area (Å²) in [5, 5.41) is 3.02. The number of rotatable bonds is 7. The Bertz CT molecular complexity index is 558. The molecular formula is C16H17F2NO2. The molecule has 0 radical (unpaired) electrons. The standard InChI is InChI=1S/C16H17F2NO2/c1-12-6-8-13(9-7-12)20-11-10-19-14-4-2-3-5-15(14)21-16(17)18/h2-9,16,19H,10-11H2,1H3. The van der Waals surface area contributed by atoms with Crippen molar-refractivity contribution >= 4 is 5.69 Å². The van der Waals surface area contributed by atoms with Gasteiger partial charge in [0.05, 0.1) is 5.69 Å². The molecule has 0 fully saturated rings. The van der Waals surface area contributed by atoms with Crippen molar-refractivity contribution < 1.29 is 18.3 Å². The van der Waals surface area contributed by atoms with Gasteiger partial charge in [-0.3, -0.25) is 0 Å². The van der Waals surface area contributed by atoms with E-state index in [0.29, 0.717) is 18.8 Å². The number of halogens is 2. The minimum Gasteiger partial charge on any atom is -0.492 e. The molecule has 2 rings (SSSR count). The maximum Gasteiger partial charge on any atom is 0.387 e. The topological polar surface area (TPSA) is 30.5 Å². The molecule has 2 aromatic rings. The SMILES string of the molecule is Cc1ccc(OCCNc2ccccc2OC(F)F)cc1. The third-order valence-corrected chi connectivity index (χ3v) is 2.81. The maximum absolute atomic E-state index is 12.3. The number of benzene rings is 2. The van der Waals surface area contributed by atoms with Crippen molar-refractivity contribution in [3.05, 3.63) is 54.1 Å². The summed E-state index contributed by atoms with van der Waals surface area (Å²) in [5.41, 5.74) is 1.68. The lowest BCUT2D eigenvalue weighted by Gasteiger charge is -2.13. The molecule has 5 heteroatoms. The highest BCUT2D eigenvalue weighted by atomic mass is 19.3. The van der Waals surface area contributed by atoms with Crippen LogP contribution in [-0.2, 0) is 0 Å². The molecule has 21 heavy (non-hydrogen) atoms. The number of hydrogen-bond acceptors (Lipinski definition) is 3. The Morgan fingerprint density at radius 3 is 2.48 bits per heavy atom. The van der Waals surface area contributed by atoms with Gasteiger partial charge in [-0.15, -0.1) is 0 Å². The zero-order valence-corrected chi connectivity index (χ0v) is 11.7. The van der Waals surface area contributed by atoms with Crippen LogP contribution in [0.15, 0.2) is 48.5 Å². The molecule has 0 spiro atoms. The molecule has 0 saturated heterocycles. The molecule has 0 aromatic heterocycles. The van der Waals surface area contributed by atoms with E-state index in [2.05, 4.69) is 10.1 Å². The highest BCUT2D eigenvalue weighted by molar-refractivity contribution is 5.56. The van der Waals surface area contributed by atoms with Crippen molar-refractivity contribution in [2.24, 2.45) is 0 Å². The summed E-state index contributed by atoms with van der Waals surface area (Å²) in [5.74, 6) is 0.905. The normalized spacial score (nSPS) is 10.5. The fraction of sp³-hybridized carbons (Fsp3) is 0.250. The molecule has 1 N–H and O–H groups in total. The summed E-state index contributed by atoms with van der Waals surface area (Å²) in [4.78, 5) is 0. The van der Waals surface area contributed by atoms with Crippen molar-refractivity contribution in [2.45, 2.75) is 13.5 Å². The summed E-state index contributed by atoms with van der Waals surface area (Å²) in [6.45, 7) is 0.0752. The first kappa shape index (κ1) is 15.1. The second kappa shape index (κ2) is 7.47. The van der Waals surface area contributed by atoms with E-state index in [9.17, 15) is 8.78 Å². The van der Waals surface area contributed by atoms with Gasteiger partial charge in [-0.25, -0.2) is 0 Å². The van der Waals surface area contributed by atoms with Crippen LogP contribution in [-0.4, -0.2) is 19.8 Å². The molecule has 0 atom stereocenters. The van der Waals surface area contributed by atoms with Gasteiger partial charge in [0.2, 0.25) is 0 Å². The number of ether oxygens (including phenoxy) is 2. The molecule has 0 heterocycles. The van der Waals surface area contributed by atoms with E-state index in [-0.39, 0.29) is 5.75 Å². The molecule has 0 bridgehead atoms. The van der Waals surface area contributed by atoms with Crippen LogP contribution >= 0.6 is 0 Å². The Morgan fingerprint density at radius 2 is 1.76 bits per heavy atom. The number of para-hydroxylation sites is 2. The summed E-state index contributed by atoms with van der Waals surface area (Å²) in [6, 6.07) is 14.3. The third kappa shape index (κ3) is 4.95. The van der Waals surface area contributed by atoms with Gasteiger partial charge >= 0.3 is 6.61 Å². The summed E-state index contributed by atoms with van der Waals surface area (Å²) in [7, 11) is 0. The van der Waals surface area contributed by atoms with Crippen molar-refractivity contribution in [3.63, 3.8) is 0 Å². The predicted octanol–water partition coefficient (Wildman–Crippen LogP) is 4.09. The molecular weight excluding hydrogens is 276 g/mol. The van der Waals surface area contributed by atoms with E-state index >= 15 is 0 Å². The highest BCUT2D eigenvalue weighted by Crippen LogP contribution is 2.25. The van der Waals surface area contributed by atoms with Crippen LogP contribution in [0.25, 0.3) is 0 Å². The predicted molar refractivity (Wildman–Crippen MR) is 78.2 cm³/mol. The Labute approximate surface area is 122 Å². The van der Waals surface area contributed by atoms with Gasteiger partial charge in [-0.05, 0) is 31.2 Å². The first-order valence-corrected chi connectivity index (χ1v) is 6.62. The van der Waals surface area contributed by atoms with E-state index in [1.54, 1.807) is 18.2 Å². The molecule has 0 amide bonds. The number of anilines is 1. The van der Waals surface area contributed by atoms with Crippen molar-refractivity contribution in [2.75, 3.05) is 18.5 Å². The van der Waals surface area contributed by atoms with E-state index in [1.165, 1.54) is 11.6 Å². The van der Waals surface area contributed by atoms with Gasteiger partial charge in [0.1, 0.15) is 18.1 Å². The number of alkyl halides is 2. The van der Waals surface area contributed by atoms with Gasteiger partial charge in [0, 0.05) is 6.54 Å². The number of nitrogens with one attached hydrogen (secondary N) is 1. The zero-order chi connectivity index (χ0) is 15.1. The lowest BCUT2D eigenvalue weighted by atomic mass is 10.2. The molecule has 0 unspecified atom stereocenters. The average molecular weight is 293 g/mol. The summed E-state index contributed by atoms with van der Waals surface area (Å²) >= 11 is 0. The third-order valence-electron chi connectivity index (χ3n) is 2.81. The second-order valence-corrected chi connectivity index (χ2v) is 4.46. The van der Waals surface area contributed by atoms with Crippen molar-refractivity contribution in [3.8, 4) is 11.5 Å². The lowest BCUT2D eigenvalue weighted by molar-refractivity contribution is -0.0493. The van der Waals surface area contributed by atoms with Crippen LogP contribution in [0.3, 0.4) is 0 Å². The van der Waals surface area contributed by atoms with Crippen LogP contribution in [0.4, 0.5) is 14.5 Å². The first-order chi connectivity index (χ1) is 10.1. The molecule has 2 aromatic carbocycles. The molecule has 0 aliphatic heterocycles. The van der Waals surface area contributed by atoms with Crippen molar-refractivity contribution in [1.82, 2.24) is 0 Å². The Morgan fingerprint density at radius 1 is 1.05 bits per heavy atom. The average Bonchev–Trinajstić information content (AvgIpc) is 2.46. The van der Waals surface area contributed by atoms with E-state index in [4.69, 9.17) is 4.74 Å². The minimum absolute atomic E-state index is 0.128. The number of hydrogen-bond donors (Lipinski definition) is 1. The Hall–Kier alpha value is -2.30. The van der Waals surface area contributed by atoms with Crippen LogP contribution in [0, 0.1) is 6.92 Å². The maximum atomic E-state index is 12.3. The molecule has 0 aliphatic carbocycles. The summed E-state index contributed by atoms with van der Waals surface area (Å²) in [6.07, 6.45) is 0. The fourth-order valence-electron chi connectivity index (χ4n) is 1.80. The smallest absolute Gasteiger partial charge is 0.387 e. The van der Waals surface area contributed by atoms with Crippen molar-refractivity contribution in [1.29, 1.82) is 0 Å². The quantitative estimate of drug-likeness (QED) is 0.780. The molecule has 112 valence electrons. The van der Waals surface area contributed by atoms with E-state index < -0.39 is 6.61 Å². The lowest BCUT2D eigenvalue weighted by Crippen LogP contribution is -2.13. The van der Waals surface area contributed by atoms with Gasteiger partial charge in [0.25, 0.3) is 0 Å². The monoisotopic (exact) mass is 293 g/mol. The van der Waals surface area contributed by atoms with Crippen LogP contribution in [0.2, 0.25) is 0 Å². The molecule has 0 aliphatic rings. The van der Waals surface area contributed by atoms with E-state index in [1.807, 2.05) is 31.2 Å². The van der Waals surface area contributed by atoms with Gasteiger partial charge in [-0.1, -0.05) is 29.8 Å². The summed E-state index contributed by atoms with van der Waals surface area (Å²) < 4.78 is 34.5. The van der Waals surface area contributed by atoms with E-state index in [0.717, 1.165) is 5.75 Å². The zero-order valence-electron chi connectivity index (χ0n) is 11.7. The van der Waals surface area contributed by atoms with Crippen LogP contribution < -0.4 is 14.8 Å². The van der Waals surface area contributed by atoms with Gasteiger partial charge in [0.15, 0.2) is 0 Å². The van der Waals surface area contributed by atoms with Gasteiger partial charge in [-0.2, -0.15) is 8.78 Å². The van der Waals surface area contributed by atoms with Crippen LogP contribution in [0.1, 0.15) is 5.56 Å². The minimum atomic E-state index is -2.84. The largest absolute Gasteiger partial charge is 0.492 e. The molecule has 0 saturated carbocycles. The first-order valence-electron chi connectivity index (χ1n) is 6.62. The Kier molecular flexibility index (Phi) is 5.37. The Balaban J connectivity index is 1.82. The fourth-order valence-corrected chi connectivity index (χ4v) is 1.80.